The van der Waals surface area contributed by atoms with Crippen LogP contribution < -0.4 is 11.1 Å². The molecular weight excluding hydrogens is 392 g/mol. The molecule has 0 unspecified atom stereocenters. The van der Waals surface area contributed by atoms with Crippen molar-refractivity contribution in [3.05, 3.63) is 95.6 Å². The fraction of sp³-hybridized carbons (Fsp3) is 0.0952. The summed E-state index contributed by atoms with van der Waals surface area (Å²) in [5.41, 5.74) is 9.50. The van der Waals surface area contributed by atoms with Gasteiger partial charge >= 0.3 is 0 Å². The smallest absolute Gasteiger partial charge is 0.276 e. The van der Waals surface area contributed by atoms with E-state index in [9.17, 15) is 13.0 Å². The number of thiocarbonyl (C=S) groups is 1. The van der Waals surface area contributed by atoms with Crippen LogP contribution in [0.15, 0.2) is 78.9 Å². The summed E-state index contributed by atoms with van der Waals surface area (Å²) in [5.74, 6) is 0. The second-order valence-corrected chi connectivity index (χ2v) is 8.21. The number of nitrogens with two attached hydrogens (primary N) is 1. The van der Waals surface area contributed by atoms with Crippen LogP contribution in [0.5, 0.6) is 0 Å². The Morgan fingerprint density at radius 3 is 1.82 bits per heavy atom. The van der Waals surface area contributed by atoms with Crippen LogP contribution in [0.25, 0.3) is 11.1 Å². The maximum atomic E-state index is 11.5. The van der Waals surface area contributed by atoms with Crippen molar-refractivity contribution in [3.63, 3.8) is 0 Å². The number of hydrogen-bond acceptors (Lipinski definition) is 3. The van der Waals surface area contributed by atoms with Crippen LogP contribution in [-0.4, -0.2) is 18.1 Å². The van der Waals surface area contributed by atoms with Gasteiger partial charge in [0, 0.05) is 6.54 Å². The van der Waals surface area contributed by atoms with Gasteiger partial charge in [-0.3, -0.25) is 4.55 Å². The molecule has 0 radical (unpaired) electrons. The number of fused-ring (bicyclic) bond motifs is 3. The Morgan fingerprint density at radius 2 is 1.36 bits per heavy atom. The second kappa shape index (κ2) is 8.52. The Labute approximate surface area is 170 Å². The van der Waals surface area contributed by atoms with Gasteiger partial charge in [0.1, 0.15) is 5.25 Å². The highest BCUT2D eigenvalue weighted by Crippen LogP contribution is 2.46. The molecule has 0 fully saturated rings. The SMILES string of the molecule is NC(=S)NCc1ccccc1.O=S(=O)(O)C1c2ccccc2-c2ccccc21. The van der Waals surface area contributed by atoms with E-state index in [1.54, 1.807) is 24.3 Å². The van der Waals surface area contributed by atoms with Gasteiger partial charge in [0.05, 0.1) is 0 Å². The zero-order valence-electron chi connectivity index (χ0n) is 14.9. The van der Waals surface area contributed by atoms with Gasteiger partial charge in [0.2, 0.25) is 0 Å². The summed E-state index contributed by atoms with van der Waals surface area (Å²) in [7, 11) is -4.13. The Balaban J connectivity index is 0.000000178. The summed E-state index contributed by atoms with van der Waals surface area (Å²) in [6, 6.07) is 24.5. The first-order valence-corrected chi connectivity index (χ1v) is 10.5. The van der Waals surface area contributed by atoms with Crippen molar-refractivity contribution < 1.29 is 13.0 Å². The zero-order chi connectivity index (χ0) is 20.1. The van der Waals surface area contributed by atoms with E-state index in [4.69, 9.17) is 5.73 Å². The standard InChI is InChI=1S/C13H10O3S.C8H10N2S/c14-17(15,16)13-11-7-3-1-5-9(11)10-6-2-4-8-12(10)13;9-8(11)10-6-7-4-2-1-3-5-7/h1-8,13H,(H,14,15,16);1-5H,6H2,(H3,9,10,11). The molecule has 0 amide bonds. The summed E-state index contributed by atoms with van der Waals surface area (Å²) in [6.07, 6.45) is 0. The van der Waals surface area contributed by atoms with Gasteiger partial charge in [-0.25, -0.2) is 0 Å². The van der Waals surface area contributed by atoms with Crippen LogP contribution in [-0.2, 0) is 16.7 Å². The third kappa shape index (κ3) is 4.56. The van der Waals surface area contributed by atoms with Crippen molar-refractivity contribution in [2.75, 3.05) is 0 Å². The van der Waals surface area contributed by atoms with E-state index < -0.39 is 15.4 Å². The molecule has 4 rings (SSSR count). The first kappa shape index (κ1) is 20.0. The summed E-state index contributed by atoms with van der Waals surface area (Å²) < 4.78 is 32.4. The monoisotopic (exact) mass is 412 g/mol. The topological polar surface area (TPSA) is 92.4 Å². The quantitative estimate of drug-likeness (QED) is 0.449. The Morgan fingerprint density at radius 1 is 0.893 bits per heavy atom. The number of hydrogen-bond donors (Lipinski definition) is 3. The van der Waals surface area contributed by atoms with E-state index in [1.807, 2.05) is 54.6 Å². The van der Waals surface area contributed by atoms with Gasteiger partial charge in [0.15, 0.2) is 5.11 Å². The lowest BCUT2D eigenvalue weighted by atomic mass is 10.1. The number of benzene rings is 3. The summed E-state index contributed by atoms with van der Waals surface area (Å²) in [5, 5.41) is 2.26. The molecule has 0 atom stereocenters. The minimum absolute atomic E-state index is 0.342. The molecule has 0 aromatic heterocycles. The summed E-state index contributed by atoms with van der Waals surface area (Å²) >= 11 is 4.66. The molecule has 1 aliphatic carbocycles. The molecule has 28 heavy (non-hydrogen) atoms. The normalized spacial score (nSPS) is 12.3. The molecule has 0 saturated heterocycles. The summed E-state index contributed by atoms with van der Waals surface area (Å²) in [6.45, 7) is 0.705. The molecule has 4 N–H and O–H groups in total. The van der Waals surface area contributed by atoms with E-state index in [-0.39, 0.29) is 0 Å². The first-order chi connectivity index (χ1) is 13.4. The van der Waals surface area contributed by atoms with Gasteiger partial charge in [-0.15, -0.1) is 0 Å². The second-order valence-electron chi connectivity index (χ2n) is 6.27. The summed E-state index contributed by atoms with van der Waals surface area (Å²) in [4.78, 5) is 0. The zero-order valence-corrected chi connectivity index (χ0v) is 16.6. The average Bonchev–Trinajstić information content (AvgIpc) is 3.02. The molecule has 0 heterocycles. The highest BCUT2D eigenvalue weighted by atomic mass is 32.2. The lowest BCUT2D eigenvalue weighted by Crippen LogP contribution is -2.28. The Kier molecular flexibility index (Phi) is 6.08. The van der Waals surface area contributed by atoms with Crippen molar-refractivity contribution in [1.82, 2.24) is 5.32 Å². The molecule has 3 aromatic rings. The van der Waals surface area contributed by atoms with Crippen molar-refractivity contribution in [3.8, 4) is 11.1 Å². The molecule has 1 aliphatic rings. The van der Waals surface area contributed by atoms with Gasteiger partial charge in [-0.1, -0.05) is 78.9 Å². The highest BCUT2D eigenvalue weighted by Gasteiger charge is 2.36. The van der Waals surface area contributed by atoms with Crippen molar-refractivity contribution in [2.45, 2.75) is 11.8 Å². The average molecular weight is 413 g/mol. The number of rotatable bonds is 3. The maximum absolute atomic E-state index is 11.5. The maximum Gasteiger partial charge on any atom is 0.276 e. The molecule has 7 heteroatoms. The molecule has 3 aromatic carbocycles. The van der Waals surface area contributed by atoms with E-state index in [1.165, 1.54) is 5.56 Å². The third-order valence-electron chi connectivity index (χ3n) is 4.38. The fourth-order valence-corrected chi connectivity index (χ4v) is 4.34. The highest BCUT2D eigenvalue weighted by molar-refractivity contribution is 7.86. The molecule has 0 spiro atoms. The molecule has 0 saturated carbocycles. The first-order valence-electron chi connectivity index (χ1n) is 8.59. The van der Waals surface area contributed by atoms with Crippen molar-refractivity contribution >= 4 is 27.4 Å². The molecule has 144 valence electrons. The van der Waals surface area contributed by atoms with Crippen LogP contribution in [0.1, 0.15) is 21.9 Å². The van der Waals surface area contributed by atoms with Crippen LogP contribution in [0, 0.1) is 0 Å². The van der Waals surface area contributed by atoms with Crippen LogP contribution in [0.4, 0.5) is 0 Å². The fourth-order valence-electron chi connectivity index (χ4n) is 3.22. The van der Waals surface area contributed by atoms with Crippen molar-refractivity contribution in [1.29, 1.82) is 0 Å². The predicted octanol–water partition coefficient (Wildman–Crippen LogP) is 3.66. The minimum Gasteiger partial charge on any atom is -0.376 e. The lowest BCUT2D eigenvalue weighted by molar-refractivity contribution is 0.476. The third-order valence-corrected chi connectivity index (χ3v) is 5.63. The van der Waals surface area contributed by atoms with Crippen LogP contribution >= 0.6 is 12.2 Å². The minimum atomic E-state index is -4.13. The molecule has 0 bridgehead atoms. The van der Waals surface area contributed by atoms with E-state index in [2.05, 4.69) is 17.5 Å². The lowest BCUT2D eigenvalue weighted by Gasteiger charge is -2.09. The van der Waals surface area contributed by atoms with Gasteiger partial charge in [-0.05, 0) is 40.0 Å². The largest absolute Gasteiger partial charge is 0.376 e. The van der Waals surface area contributed by atoms with Gasteiger partial charge in [0.25, 0.3) is 10.1 Å². The van der Waals surface area contributed by atoms with E-state index >= 15 is 0 Å². The van der Waals surface area contributed by atoms with E-state index in [0.29, 0.717) is 22.8 Å². The van der Waals surface area contributed by atoms with Crippen LogP contribution in [0.3, 0.4) is 0 Å². The molecule has 0 aliphatic heterocycles. The number of nitrogens with one attached hydrogen (secondary N) is 1. The van der Waals surface area contributed by atoms with Gasteiger partial charge in [-0.2, -0.15) is 8.42 Å². The van der Waals surface area contributed by atoms with E-state index in [0.717, 1.165) is 11.1 Å². The Bertz CT molecular complexity index is 1040. The van der Waals surface area contributed by atoms with Crippen molar-refractivity contribution in [2.24, 2.45) is 5.73 Å². The molecular formula is C21H20N2O3S2. The Hall–Kier alpha value is -2.74. The molecule has 5 nitrogen and oxygen atoms in total. The van der Waals surface area contributed by atoms with Gasteiger partial charge < -0.3 is 11.1 Å². The van der Waals surface area contributed by atoms with Crippen LogP contribution in [0.2, 0.25) is 0 Å². The predicted molar refractivity (Wildman–Crippen MR) is 115 cm³/mol.